The van der Waals surface area contributed by atoms with Crippen molar-refractivity contribution in [3.63, 3.8) is 0 Å². The van der Waals surface area contributed by atoms with Gasteiger partial charge in [-0.1, -0.05) is 0 Å². The Labute approximate surface area is 169 Å². The summed E-state index contributed by atoms with van der Waals surface area (Å²) in [7, 11) is -4.73. The number of carbonyl (C=O) groups excluding carboxylic acids is 1. The molecule has 0 radical (unpaired) electrons. The van der Waals surface area contributed by atoms with Gasteiger partial charge in [0.25, 0.3) is 0 Å². The number of nitrogens with two attached hydrogens (primary N) is 1. The molecule has 15 nitrogen and oxygen atoms in total. The molecular weight excluding hydrogens is 433 g/mol. The number of aliphatic carboxylic acids is 4. The fraction of sp³-hybridized carbons (Fsp3) is 0.643. The maximum atomic E-state index is 11.9. The molecule has 2 unspecified atom stereocenters. The predicted octanol–water partition coefficient (Wildman–Crippen LogP) is -1.84. The second kappa shape index (κ2) is 12.9. The maximum absolute atomic E-state index is 11.9. The van der Waals surface area contributed by atoms with Crippen LogP contribution in [0.4, 0.5) is 0 Å². The Morgan fingerprint density at radius 1 is 0.867 bits per heavy atom. The van der Waals surface area contributed by atoms with Crippen LogP contribution in [0.1, 0.15) is 32.1 Å². The number of rotatable bonds is 16. The van der Waals surface area contributed by atoms with Gasteiger partial charge in [0, 0.05) is 19.3 Å². The number of hydrogen-bond acceptors (Lipinski definition) is 8. The minimum atomic E-state index is -4.73. The van der Waals surface area contributed by atoms with E-state index in [1.165, 1.54) is 0 Å². The Bertz CT molecular complexity index is 700. The highest BCUT2D eigenvalue weighted by Gasteiger charge is 2.30. The van der Waals surface area contributed by atoms with Crippen molar-refractivity contribution in [2.45, 2.75) is 50.2 Å². The van der Waals surface area contributed by atoms with E-state index in [1.54, 1.807) is 5.09 Å². The monoisotopic (exact) mass is 457 g/mol. The molecular formula is C14H24N3O12P. The first-order valence-electron chi connectivity index (χ1n) is 8.45. The number of carboxylic acid groups (broad SMARTS) is 4. The SMILES string of the molecule is N[C@@H](CCC(=O)NC(CCOP(=O)(O)N[C@@H](CCC(=O)O)C(=O)O)C(=O)O)C(=O)O. The molecule has 0 saturated heterocycles. The van der Waals surface area contributed by atoms with E-state index in [0.717, 1.165) is 0 Å². The number of nitrogens with one attached hydrogen (secondary N) is 2. The highest BCUT2D eigenvalue weighted by molar-refractivity contribution is 7.50. The summed E-state index contributed by atoms with van der Waals surface area (Å²) in [5.74, 6) is -6.56. The van der Waals surface area contributed by atoms with Crippen LogP contribution in [0.2, 0.25) is 0 Å². The molecule has 172 valence electrons. The van der Waals surface area contributed by atoms with E-state index >= 15 is 0 Å². The molecule has 0 aromatic heterocycles. The Morgan fingerprint density at radius 2 is 1.43 bits per heavy atom. The number of amides is 1. The lowest BCUT2D eigenvalue weighted by molar-refractivity contribution is -0.142. The summed E-state index contributed by atoms with van der Waals surface area (Å²) < 4.78 is 16.5. The van der Waals surface area contributed by atoms with Crippen LogP contribution < -0.4 is 16.1 Å². The average Bonchev–Trinajstić information content (AvgIpc) is 2.61. The quantitative estimate of drug-likeness (QED) is 0.118. The zero-order valence-corrected chi connectivity index (χ0v) is 16.5. The van der Waals surface area contributed by atoms with Crippen LogP contribution in [0.3, 0.4) is 0 Å². The zero-order valence-electron chi connectivity index (χ0n) is 15.6. The molecule has 0 rings (SSSR count). The summed E-state index contributed by atoms with van der Waals surface area (Å²) in [6, 6.07) is -4.55. The van der Waals surface area contributed by atoms with Crippen LogP contribution >= 0.6 is 7.75 Å². The third-order valence-electron chi connectivity index (χ3n) is 3.57. The van der Waals surface area contributed by atoms with E-state index in [0.29, 0.717) is 0 Å². The number of carbonyl (C=O) groups is 5. The van der Waals surface area contributed by atoms with Crippen LogP contribution in [0.15, 0.2) is 0 Å². The van der Waals surface area contributed by atoms with E-state index in [1.807, 2.05) is 0 Å². The number of hydrogen-bond donors (Lipinski definition) is 8. The Morgan fingerprint density at radius 3 is 1.90 bits per heavy atom. The minimum Gasteiger partial charge on any atom is -0.481 e. The van der Waals surface area contributed by atoms with Gasteiger partial charge in [0.15, 0.2) is 0 Å². The van der Waals surface area contributed by atoms with Gasteiger partial charge in [-0.2, -0.15) is 0 Å². The first kappa shape index (κ1) is 27.4. The summed E-state index contributed by atoms with van der Waals surface area (Å²) in [5, 5.41) is 39.0. The second-order valence-electron chi connectivity index (χ2n) is 6.04. The molecule has 30 heavy (non-hydrogen) atoms. The normalized spacial score (nSPS) is 15.9. The predicted molar refractivity (Wildman–Crippen MR) is 96.2 cm³/mol. The highest BCUT2D eigenvalue weighted by Crippen LogP contribution is 2.38. The summed E-state index contributed by atoms with van der Waals surface area (Å²) in [6.45, 7) is -0.683. The van der Waals surface area contributed by atoms with Crippen molar-refractivity contribution in [3.05, 3.63) is 0 Å². The van der Waals surface area contributed by atoms with E-state index in [4.69, 9.17) is 26.2 Å². The summed E-state index contributed by atoms with van der Waals surface area (Å²) >= 11 is 0. The molecule has 0 aliphatic heterocycles. The summed E-state index contributed by atoms with van der Waals surface area (Å²) in [4.78, 5) is 64.6. The first-order chi connectivity index (χ1) is 13.7. The Hall–Kier alpha value is -2.58. The van der Waals surface area contributed by atoms with E-state index < -0.39 is 81.5 Å². The van der Waals surface area contributed by atoms with Gasteiger partial charge in [0.2, 0.25) is 5.91 Å². The maximum Gasteiger partial charge on any atom is 0.403 e. The summed E-state index contributed by atoms with van der Waals surface area (Å²) in [5.41, 5.74) is 5.23. The van der Waals surface area contributed by atoms with E-state index in [-0.39, 0.29) is 12.8 Å². The van der Waals surface area contributed by atoms with Crippen molar-refractivity contribution in [1.29, 1.82) is 0 Å². The van der Waals surface area contributed by atoms with E-state index in [9.17, 15) is 33.4 Å². The third kappa shape index (κ3) is 12.1. The summed E-state index contributed by atoms with van der Waals surface area (Å²) in [6.07, 6.45) is -2.20. The molecule has 16 heteroatoms. The van der Waals surface area contributed by atoms with Crippen LogP contribution in [-0.4, -0.2) is 79.8 Å². The minimum absolute atomic E-state index is 0.243. The molecule has 0 heterocycles. The molecule has 0 aliphatic rings. The van der Waals surface area contributed by atoms with Crippen molar-refractivity contribution >= 4 is 37.5 Å². The van der Waals surface area contributed by atoms with Crippen molar-refractivity contribution in [2.24, 2.45) is 5.73 Å². The fourth-order valence-electron chi connectivity index (χ4n) is 1.97. The Kier molecular flexibility index (Phi) is 11.8. The molecule has 0 aromatic rings. The van der Waals surface area contributed by atoms with Crippen LogP contribution in [0.25, 0.3) is 0 Å². The molecule has 0 saturated carbocycles. The van der Waals surface area contributed by atoms with Gasteiger partial charge in [-0.3, -0.25) is 23.7 Å². The van der Waals surface area contributed by atoms with Crippen molar-refractivity contribution in [2.75, 3.05) is 6.61 Å². The smallest absolute Gasteiger partial charge is 0.403 e. The van der Waals surface area contributed by atoms with Crippen molar-refractivity contribution in [3.8, 4) is 0 Å². The van der Waals surface area contributed by atoms with Gasteiger partial charge < -0.3 is 36.4 Å². The molecule has 1 amide bonds. The van der Waals surface area contributed by atoms with Gasteiger partial charge >= 0.3 is 31.6 Å². The van der Waals surface area contributed by atoms with Crippen molar-refractivity contribution in [1.82, 2.24) is 10.4 Å². The van der Waals surface area contributed by atoms with Gasteiger partial charge in [-0.25, -0.2) is 14.4 Å². The average molecular weight is 457 g/mol. The zero-order chi connectivity index (χ0) is 23.5. The standard InChI is InChI=1S/C14H24N3O12P/c15-7(12(21)22)1-3-10(18)16-8(13(23)24)5-6-29-30(27,28)17-9(14(25)26)2-4-11(19)20/h7-9H,1-6,15H2,(H,16,18)(H,19,20)(H,21,22)(H,23,24)(H,25,26)(H2,17,27,28)/t7-,8?,9-/m0/s1. The van der Waals surface area contributed by atoms with Crippen molar-refractivity contribution < 1.29 is 58.4 Å². The fourth-order valence-corrected chi connectivity index (χ4v) is 3.03. The third-order valence-corrected chi connectivity index (χ3v) is 4.74. The van der Waals surface area contributed by atoms with Gasteiger partial charge in [-0.15, -0.1) is 0 Å². The first-order valence-corrected chi connectivity index (χ1v) is 10.0. The van der Waals surface area contributed by atoms with Crippen LogP contribution in [-0.2, 0) is 33.1 Å². The van der Waals surface area contributed by atoms with Gasteiger partial charge in [-0.05, 0) is 12.8 Å². The lowest BCUT2D eigenvalue weighted by Crippen LogP contribution is -2.42. The molecule has 0 bridgehead atoms. The lowest BCUT2D eigenvalue weighted by Gasteiger charge is -2.20. The van der Waals surface area contributed by atoms with E-state index in [2.05, 4.69) is 9.84 Å². The van der Waals surface area contributed by atoms with Crippen LogP contribution in [0, 0.1) is 0 Å². The Balaban J connectivity index is 4.65. The number of carboxylic acids is 4. The molecule has 0 aromatic carbocycles. The highest BCUT2D eigenvalue weighted by atomic mass is 31.2. The van der Waals surface area contributed by atoms with Gasteiger partial charge in [0.05, 0.1) is 6.61 Å². The largest absolute Gasteiger partial charge is 0.481 e. The topological polar surface area (TPSA) is 263 Å². The molecule has 0 spiro atoms. The molecule has 0 fully saturated rings. The molecule has 9 N–H and O–H groups in total. The van der Waals surface area contributed by atoms with Crippen LogP contribution in [0.5, 0.6) is 0 Å². The van der Waals surface area contributed by atoms with Gasteiger partial charge in [0.1, 0.15) is 18.1 Å². The molecule has 0 aliphatic carbocycles. The second-order valence-corrected chi connectivity index (χ2v) is 7.59. The molecule has 4 atom stereocenters. The lowest BCUT2D eigenvalue weighted by atomic mass is 10.1.